The zero-order chi connectivity index (χ0) is 15.1. The number of aliphatic carboxylic acids is 1. The molecule has 4 atom stereocenters. The summed E-state index contributed by atoms with van der Waals surface area (Å²) in [6.45, 7) is 1.83. The van der Waals surface area contributed by atoms with Crippen molar-refractivity contribution in [2.75, 3.05) is 5.32 Å². The standard InChI is InChI=1S/C15H14ClNO4/c1-7-2-3-8(16)6-9(7)17-14(18)12-10-4-5-11(21-10)13(12)15(19)20/h2-6,10-13H,1H3,(H,17,18)(H,19,20)/p-1/t10-,11+,12+,13-/m0/s1. The molecule has 1 amide bonds. The molecule has 1 aromatic rings. The number of carboxylic acid groups (broad SMARTS) is 1. The number of aryl methyl sites for hydroxylation is 1. The van der Waals surface area contributed by atoms with Crippen LogP contribution in [-0.4, -0.2) is 24.1 Å². The van der Waals surface area contributed by atoms with E-state index in [9.17, 15) is 14.7 Å². The molecule has 0 radical (unpaired) electrons. The van der Waals surface area contributed by atoms with Crippen molar-refractivity contribution in [1.29, 1.82) is 0 Å². The van der Waals surface area contributed by atoms with Gasteiger partial charge < -0.3 is 20.0 Å². The van der Waals surface area contributed by atoms with Gasteiger partial charge >= 0.3 is 0 Å². The van der Waals surface area contributed by atoms with Crippen molar-refractivity contribution in [3.63, 3.8) is 0 Å². The average molecular weight is 307 g/mol. The summed E-state index contributed by atoms with van der Waals surface area (Å²) in [6, 6.07) is 5.14. The third-order valence-corrected chi connectivity index (χ3v) is 4.17. The molecule has 110 valence electrons. The van der Waals surface area contributed by atoms with E-state index in [1.807, 2.05) is 6.92 Å². The lowest BCUT2D eigenvalue weighted by atomic mass is 9.82. The summed E-state index contributed by atoms with van der Waals surface area (Å²) < 4.78 is 5.45. The zero-order valence-corrected chi connectivity index (χ0v) is 12.0. The second-order valence-corrected chi connectivity index (χ2v) is 5.71. The molecule has 5 nitrogen and oxygen atoms in total. The van der Waals surface area contributed by atoms with E-state index in [-0.39, 0.29) is 0 Å². The first kappa shape index (κ1) is 14.1. The van der Waals surface area contributed by atoms with Gasteiger partial charge in [0, 0.05) is 22.6 Å². The fourth-order valence-corrected chi connectivity index (χ4v) is 3.02. The van der Waals surface area contributed by atoms with E-state index >= 15 is 0 Å². The molecule has 0 unspecified atom stereocenters. The Morgan fingerprint density at radius 1 is 1.24 bits per heavy atom. The maximum absolute atomic E-state index is 12.4. The molecule has 2 bridgehead atoms. The van der Waals surface area contributed by atoms with Crippen LogP contribution in [0.3, 0.4) is 0 Å². The van der Waals surface area contributed by atoms with Crippen LogP contribution >= 0.6 is 11.6 Å². The lowest BCUT2D eigenvalue weighted by Gasteiger charge is -2.25. The molecule has 0 aromatic heterocycles. The Labute approximate surface area is 126 Å². The Morgan fingerprint density at radius 2 is 1.90 bits per heavy atom. The lowest BCUT2D eigenvalue weighted by molar-refractivity contribution is -0.313. The average Bonchev–Trinajstić information content (AvgIpc) is 3.03. The number of carbonyl (C=O) groups is 2. The summed E-state index contributed by atoms with van der Waals surface area (Å²) in [5, 5.41) is 14.5. The van der Waals surface area contributed by atoms with Gasteiger partial charge in [0.1, 0.15) is 0 Å². The van der Waals surface area contributed by atoms with Crippen molar-refractivity contribution in [3.05, 3.63) is 40.9 Å². The molecule has 6 heteroatoms. The molecule has 2 aliphatic heterocycles. The number of fused-ring (bicyclic) bond motifs is 2. The number of anilines is 1. The topological polar surface area (TPSA) is 78.5 Å². The van der Waals surface area contributed by atoms with E-state index in [1.165, 1.54) is 0 Å². The number of halogens is 1. The van der Waals surface area contributed by atoms with Crippen molar-refractivity contribution in [2.45, 2.75) is 19.1 Å². The first-order valence-electron chi connectivity index (χ1n) is 6.59. The Bertz CT molecular complexity index is 643. The van der Waals surface area contributed by atoms with E-state index in [1.54, 1.807) is 30.4 Å². The van der Waals surface area contributed by atoms with Crippen LogP contribution in [0.5, 0.6) is 0 Å². The summed E-state index contributed by atoms with van der Waals surface area (Å²) >= 11 is 5.91. The predicted molar refractivity (Wildman–Crippen MR) is 74.6 cm³/mol. The molecule has 1 fully saturated rings. The van der Waals surface area contributed by atoms with Gasteiger partial charge in [-0.1, -0.05) is 29.8 Å². The van der Waals surface area contributed by atoms with Crippen LogP contribution in [0.15, 0.2) is 30.4 Å². The van der Waals surface area contributed by atoms with Crippen molar-refractivity contribution in [3.8, 4) is 0 Å². The number of hydrogen-bond acceptors (Lipinski definition) is 4. The van der Waals surface area contributed by atoms with E-state index in [2.05, 4.69) is 5.32 Å². The second-order valence-electron chi connectivity index (χ2n) is 5.27. The number of carbonyl (C=O) groups excluding carboxylic acids is 2. The van der Waals surface area contributed by atoms with E-state index in [4.69, 9.17) is 16.3 Å². The third kappa shape index (κ3) is 2.43. The third-order valence-electron chi connectivity index (χ3n) is 3.93. The van der Waals surface area contributed by atoms with Crippen molar-refractivity contribution in [1.82, 2.24) is 0 Å². The van der Waals surface area contributed by atoms with Crippen LogP contribution in [0.25, 0.3) is 0 Å². The van der Waals surface area contributed by atoms with Crippen LogP contribution < -0.4 is 10.4 Å². The van der Waals surface area contributed by atoms with E-state index in [0.717, 1.165) is 5.56 Å². The summed E-state index contributed by atoms with van der Waals surface area (Å²) in [7, 11) is 0. The monoisotopic (exact) mass is 306 g/mol. The van der Waals surface area contributed by atoms with Crippen molar-refractivity contribution >= 4 is 29.2 Å². The highest BCUT2D eigenvalue weighted by Gasteiger charge is 2.50. The molecule has 3 rings (SSSR count). The van der Waals surface area contributed by atoms with Crippen LogP contribution in [0.4, 0.5) is 5.69 Å². The zero-order valence-electron chi connectivity index (χ0n) is 11.2. The quantitative estimate of drug-likeness (QED) is 0.842. The number of carboxylic acids is 1. The molecular formula is C15H13ClNO4-. The van der Waals surface area contributed by atoms with Gasteiger partial charge in [-0.25, -0.2) is 0 Å². The molecule has 0 aliphatic carbocycles. The summed E-state index contributed by atoms with van der Waals surface area (Å²) in [4.78, 5) is 23.7. The first-order chi connectivity index (χ1) is 9.97. The summed E-state index contributed by atoms with van der Waals surface area (Å²) in [6.07, 6.45) is 2.28. The van der Waals surface area contributed by atoms with E-state index < -0.39 is 35.9 Å². The van der Waals surface area contributed by atoms with Crippen LogP contribution in [0.1, 0.15) is 5.56 Å². The Hall–Kier alpha value is -1.85. The van der Waals surface area contributed by atoms with Gasteiger partial charge in [-0.3, -0.25) is 4.79 Å². The van der Waals surface area contributed by atoms with Gasteiger partial charge in [-0.05, 0) is 24.6 Å². The molecule has 1 N–H and O–H groups in total. The number of benzene rings is 1. The second kappa shape index (κ2) is 5.16. The fourth-order valence-electron chi connectivity index (χ4n) is 2.85. The Kier molecular flexibility index (Phi) is 3.47. The number of amides is 1. The minimum atomic E-state index is -1.27. The molecule has 2 aliphatic rings. The predicted octanol–water partition coefficient (Wildman–Crippen LogP) is 0.906. The minimum absolute atomic E-state index is 0.397. The summed E-state index contributed by atoms with van der Waals surface area (Å²) in [5.41, 5.74) is 1.41. The number of ether oxygens (including phenoxy) is 1. The van der Waals surface area contributed by atoms with Crippen LogP contribution in [0.2, 0.25) is 5.02 Å². The van der Waals surface area contributed by atoms with Crippen LogP contribution in [-0.2, 0) is 14.3 Å². The number of hydrogen-bond donors (Lipinski definition) is 1. The lowest BCUT2D eigenvalue weighted by Crippen LogP contribution is -2.45. The molecule has 0 saturated carbocycles. The highest BCUT2D eigenvalue weighted by Crippen LogP contribution is 2.39. The van der Waals surface area contributed by atoms with Gasteiger partial charge in [0.15, 0.2) is 0 Å². The minimum Gasteiger partial charge on any atom is -0.550 e. The normalized spacial score (nSPS) is 29.6. The molecule has 2 heterocycles. The molecule has 1 saturated heterocycles. The number of nitrogens with one attached hydrogen (secondary N) is 1. The maximum atomic E-state index is 12.4. The van der Waals surface area contributed by atoms with Gasteiger partial charge in [-0.15, -0.1) is 0 Å². The highest BCUT2D eigenvalue weighted by molar-refractivity contribution is 6.31. The van der Waals surface area contributed by atoms with Crippen molar-refractivity contribution < 1.29 is 19.4 Å². The van der Waals surface area contributed by atoms with Gasteiger partial charge in [0.25, 0.3) is 0 Å². The SMILES string of the molecule is Cc1ccc(Cl)cc1NC(=O)[C@H]1[C@@H](C(=O)[O-])[C@H]2C=C[C@@H]1O2. The smallest absolute Gasteiger partial charge is 0.231 e. The van der Waals surface area contributed by atoms with Gasteiger partial charge in [-0.2, -0.15) is 0 Å². The summed E-state index contributed by atoms with van der Waals surface area (Å²) in [5.74, 6) is -3.41. The molecule has 1 aromatic carbocycles. The molecule has 21 heavy (non-hydrogen) atoms. The number of rotatable bonds is 3. The largest absolute Gasteiger partial charge is 0.550 e. The van der Waals surface area contributed by atoms with Gasteiger partial charge in [0.05, 0.1) is 18.1 Å². The van der Waals surface area contributed by atoms with E-state index in [0.29, 0.717) is 10.7 Å². The van der Waals surface area contributed by atoms with Gasteiger partial charge in [0.2, 0.25) is 5.91 Å². The molecule has 0 spiro atoms. The highest BCUT2D eigenvalue weighted by atomic mass is 35.5. The first-order valence-corrected chi connectivity index (χ1v) is 6.97. The molecular weight excluding hydrogens is 294 g/mol. The fraction of sp³-hybridized carbons (Fsp3) is 0.333. The van der Waals surface area contributed by atoms with Crippen LogP contribution in [0, 0.1) is 18.8 Å². The Balaban J connectivity index is 1.83. The maximum Gasteiger partial charge on any atom is 0.231 e. The Morgan fingerprint density at radius 3 is 2.57 bits per heavy atom. The van der Waals surface area contributed by atoms with Crippen molar-refractivity contribution in [2.24, 2.45) is 11.8 Å².